The monoisotopic (exact) mass is 260 g/mol. The lowest BCUT2D eigenvalue weighted by molar-refractivity contribution is 0.414. The molecule has 4 heteroatoms. The Bertz CT molecular complexity index is 549. The molecule has 19 heavy (non-hydrogen) atoms. The summed E-state index contributed by atoms with van der Waals surface area (Å²) in [5.74, 6) is 2.67. The first-order valence-corrected chi connectivity index (χ1v) is 6.27. The van der Waals surface area contributed by atoms with E-state index in [9.17, 15) is 0 Å². The Morgan fingerprint density at radius 3 is 2.74 bits per heavy atom. The van der Waals surface area contributed by atoms with Crippen molar-refractivity contribution in [2.45, 2.75) is 20.0 Å². The van der Waals surface area contributed by atoms with Gasteiger partial charge in [0.15, 0.2) is 0 Å². The van der Waals surface area contributed by atoms with Crippen molar-refractivity contribution in [2.75, 3.05) is 19.1 Å². The molecular formula is C15H20N2O2. The number of hydrogen-bond acceptors (Lipinski definition) is 4. The van der Waals surface area contributed by atoms with Gasteiger partial charge >= 0.3 is 0 Å². The number of anilines is 1. The Morgan fingerprint density at radius 2 is 2.11 bits per heavy atom. The highest BCUT2D eigenvalue weighted by Crippen LogP contribution is 2.22. The molecule has 1 aromatic carbocycles. The molecule has 0 unspecified atom stereocenters. The van der Waals surface area contributed by atoms with Crippen LogP contribution in [0, 0.1) is 6.92 Å². The lowest BCUT2D eigenvalue weighted by Crippen LogP contribution is -2.15. The zero-order valence-electron chi connectivity index (χ0n) is 11.6. The van der Waals surface area contributed by atoms with Crippen molar-refractivity contribution in [2.24, 2.45) is 5.73 Å². The van der Waals surface area contributed by atoms with E-state index in [1.807, 2.05) is 44.3 Å². The second-order valence-electron chi connectivity index (χ2n) is 4.56. The number of methoxy groups -OCH3 is 1. The first kappa shape index (κ1) is 13.5. The van der Waals surface area contributed by atoms with Crippen LogP contribution in [-0.4, -0.2) is 14.2 Å². The van der Waals surface area contributed by atoms with Crippen molar-refractivity contribution in [3.63, 3.8) is 0 Å². The molecule has 1 heterocycles. The number of rotatable bonds is 5. The molecule has 2 rings (SSSR count). The fourth-order valence-corrected chi connectivity index (χ4v) is 2.04. The third kappa shape index (κ3) is 3.09. The van der Waals surface area contributed by atoms with E-state index >= 15 is 0 Å². The van der Waals surface area contributed by atoms with Crippen LogP contribution in [0.3, 0.4) is 0 Å². The molecule has 2 aromatic rings. The van der Waals surface area contributed by atoms with Gasteiger partial charge in [-0.1, -0.05) is 6.07 Å². The average molecular weight is 260 g/mol. The van der Waals surface area contributed by atoms with E-state index in [0.29, 0.717) is 13.1 Å². The zero-order valence-corrected chi connectivity index (χ0v) is 11.6. The maximum absolute atomic E-state index is 5.70. The van der Waals surface area contributed by atoms with Crippen LogP contribution in [-0.2, 0) is 13.1 Å². The lowest BCUT2D eigenvalue weighted by Gasteiger charge is -2.18. The van der Waals surface area contributed by atoms with E-state index in [-0.39, 0.29) is 0 Å². The normalized spacial score (nSPS) is 10.5. The van der Waals surface area contributed by atoms with Crippen LogP contribution in [0.25, 0.3) is 0 Å². The number of nitrogens with two attached hydrogens (primary N) is 1. The third-order valence-corrected chi connectivity index (χ3v) is 3.18. The molecule has 2 N–H and O–H groups in total. The molecule has 0 amide bonds. The molecule has 0 saturated carbocycles. The first-order chi connectivity index (χ1) is 9.13. The summed E-state index contributed by atoms with van der Waals surface area (Å²) in [7, 11) is 3.69. The Kier molecular flexibility index (Phi) is 4.12. The molecular weight excluding hydrogens is 240 g/mol. The quantitative estimate of drug-likeness (QED) is 0.898. The van der Waals surface area contributed by atoms with Crippen molar-refractivity contribution in [3.05, 3.63) is 47.4 Å². The molecule has 0 aliphatic rings. The van der Waals surface area contributed by atoms with Crippen LogP contribution < -0.4 is 15.4 Å². The maximum atomic E-state index is 5.70. The van der Waals surface area contributed by atoms with Crippen LogP contribution in [0.5, 0.6) is 5.75 Å². The van der Waals surface area contributed by atoms with Crippen LogP contribution >= 0.6 is 0 Å². The highest BCUT2D eigenvalue weighted by Gasteiger charge is 2.09. The SMILES string of the molecule is COc1cccc(N(C)Cc2cc(CN)c(C)o2)c1. The van der Waals surface area contributed by atoms with E-state index < -0.39 is 0 Å². The molecule has 0 bridgehead atoms. The fourth-order valence-electron chi connectivity index (χ4n) is 2.04. The summed E-state index contributed by atoms with van der Waals surface area (Å²) >= 11 is 0. The van der Waals surface area contributed by atoms with Gasteiger partial charge in [-0.05, 0) is 25.1 Å². The largest absolute Gasteiger partial charge is 0.497 e. The van der Waals surface area contributed by atoms with Gasteiger partial charge in [0.1, 0.15) is 17.3 Å². The minimum Gasteiger partial charge on any atom is -0.497 e. The van der Waals surface area contributed by atoms with Gasteiger partial charge in [-0.25, -0.2) is 0 Å². The summed E-state index contributed by atoms with van der Waals surface area (Å²) < 4.78 is 10.9. The van der Waals surface area contributed by atoms with Gasteiger partial charge in [-0.15, -0.1) is 0 Å². The molecule has 0 atom stereocenters. The van der Waals surface area contributed by atoms with Gasteiger partial charge in [0.25, 0.3) is 0 Å². The number of nitrogens with zero attached hydrogens (tertiary/aromatic N) is 1. The van der Waals surface area contributed by atoms with Gasteiger partial charge in [0, 0.05) is 30.9 Å². The van der Waals surface area contributed by atoms with Crippen molar-refractivity contribution < 1.29 is 9.15 Å². The Hall–Kier alpha value is -1.94. The van der Waals surface area contributed by atoms with Gasteiger partial charge < -0.3 is 19.8 Å². The standard InChI is InChI=1S/C15H20N2O2/c1-11-12(9-16)7-15(19-11)10-17(2)13-5-4-6-14(8-13)18-3/h4-8H,9-10,16H2,1-3H3. The van der Waals surface area contributed by atoms with Gasteiger partial charge in [-0.2, -0.15) is 0 Å². The topological polar surface area (TPSA) is 51.6 Å². The molecule has 1 aromatic heterocycles. The van der Waals surface area contributed by atoms with Crippen LogP contribution in [0.1, 0.15) is 17.1 Å². The Labute approximate surface area is 113 Å². The van der Waals surface area contributed by atoms with Crippen molar-refractivity contribution in [1.82, 2.24) is 0 Å². The zero-order chi connectivity index (χ0) is 13.8. The number of benzene rings is 1. The Balaban J connectivity index is 2.13. The fraction of sp³-hybridized carbons (Fsp3) is 0.333. The number of ether oxygens (including phenoxy) is 1. The second-order valence-corrected chi connectivity index (χ2v) is 4.56. The van der Waals surface area contributed by atoms with Crippen molar-refractivity contribution >= 4 is 5.69 Å². The molecule has 0 radical (unpaired) electrons. The van der Waals surface area contributed by atoms with Gasteiger partial charge in [-0.3, -0.25) is 0 Å². The second kappa shape index (κ2) is 5.80. The number of aryl methyl sites for hydroxylation is 1. The van der Waals surface area contributed by atoms with Crippen molar-refractivity contribution in [3.8, 4) is 5.75 Å². The van der Waals surface area contributed by atoms with Crippen LogP contribution in [0.4, 0.5) is 5.69 Å². The summed E-state index contributed by atoms with van der Waals surface area (Å²) in [6.45, 7) is 3.16. The number of hydrogen-bond donors (Lipinski definition) is 1. The number of furan rings is 1. The van der Waals surface area contributed by atoms with Crippen LogP contribution in [0.15, 0.2) is 34.7 Å². The van der Waals surface area contributed by atoms with E-state index in [0.717, 1.165) is 28.5 Å². The summed E-state index contributed by atoms with van der Waals surface area (Å²) in [6, 6.07) is 9.97. The predicted molar refractivity (Wildman–Crippen MR) is 76.4 cm³/mol. The highest BCUT2D eigenvalue weighted by atomic mass is 16.5. The van der Waals surface area contributed by atoms with Gasteiger partial charge in [0.05, 0.1) is 13.7 Å². The van der Waals surface area contributed by atoms with Crippen LogP contribution in [0.2, 0.25) is 0 Å². The van der Waals surface area contributed by atoms with Crippen molar-refractivity contribution in [1.29, 1.82) is 0 Å². The maximum Gasteiger partial charge on any atom is 0.123 e. The molecule has 0 aliphatic heterocycles. The van der Waals surface area contributed by atoms with E-state index in [1.165, 1.54) is 0 Å². The molecule has 102 valence electrons. The molecule has 4 nitrogen and oxygen atoms in total. The minimum absolute atomic E-state index is 0.512. The molecule has 0 aliphatic carbocycles. The summed E-state index contributed by atoms with van der Waals surface area (Å²) in [5.41, 5.74) is 7.80. The molecule has 0 spiro atoms. The minimum atomic E-state index is 0.512. The Morgan fingerprint density at radius 1 is 1.32 bits per heavy atom. The lowest BCUT2D eigenvalue weighted by atomic mass is 10.2. The first-order valence-electron chi connectivity index (χ1n) is 6.27. The average Bonchev–Trinajstić information content (AvgIpc) is 2.78. The summed E-state index contributed by atoms with van der Waals surface area (Å²) in [4.78, 5) is 2.11. The predicted octanol–water partition coefficient (Wildman–Crippen LogP) is 2.69. The third-order valence-electron chi connectivity index (χ3n) is 3.18. The smallest absolute Gasteiger partial charge is 0.123 e. The van der Waals surface area contributed by atoms with E-state index in [4.69, 9.17) is 14.9 Å². The van der Waals surface area contributed by atoms with E-state index in [2.05, 4.69) is 4.90 Å². The molecule has 0 saturated heterocycles. The van der Waals surface area contributed by atoms with E-state index in [1.54, 1.807) is 7.11 Å². The highest BCUT2D eigenvalue weighted by molar-refractivity contribution is 5.50. The summed E-state index contributed by atoms with van der Waals surface area (Å²) in [6.07, 6.45) is 0. The van der Waals surface area contributed by atoms with Gasteiger partial charge in [0.2, 0.25) is 0 Å². The molecule has 0 fully saturated rings. The summed E-state index contributed by atoms with van der Waals surface area (Å²) in [5, 5.41) is 0.